The van der Waals surface area contributed by atoms with Crippen LogP contribution in [0.3, 0.4) is 0 Å². The number of rotatable bonds is 6. The van der Waals surface area contributed by atoms with Gasteiger partial charge in [0.25, 0.3) is 0 Å². The zero-order chi connectivity index (χ0) is 39.5. The van der Waals surface area contributed by atoms with Gasteiger partial charge in [-0.25, -0.2) is 0 Å². The Morgan fingerprint density at radius 3 is 1.51 bits per heavy atom. The van der Waals surface area contributed by atoms with Crippen LogP contribution in [0.5, 0.6) is 11.5 Å². The molecule has 0 amide bonds. The van der Waals surface area contributed by atoms with Crippen LogP contribution in [-0.4, -0.2) is 0 Å². The number of nitrogens with zero attached hydrogens (tertiary/aromatic N) is 1. The molecular weight excluding hydrogens is 715 g/mol. The zero-order valence-corrected chi connectivity index (χ0v) is 33.1. The van der Waals surface area contributed by atoms with Crippen LogP contribution in [-0.2, 0) is 5.41 Å². The summed E-state index contributed by atoms with van der Waals surface area (Å²) in [5.41, 5.74) is 20.0. The second-order valence-electron chi connectivity index (χ2n) is 16.1. The van der Waals surface area contributed by atoms with Crippen LogP contribution in [0.15, 0.2) is 212 Å². The van der Waals surface area contributed by atoms with E-state index in [2.05, 4.69) is 231 Å². The van der Waals surface area contributed by atoms with Gasteiger partial charge in [0.05, 0.1) is 0 Å². The van der Waals surface area contributed by atoms with Crippen molar-refractivity contribution in [3.8, 4) is 78.3 Å². The number of ether oxygens (including phenoxy) is 1. The first-order valence-electron chi connectivity index (χ1n) is 20.4. The normalized spacial score (nSPS) is 12.8. The van der Waals surface area contributed by atoms with Gasteiger partial charge in [0, 0.05) is 39.7 Å². The minimum absolute atomic E-state index is 0.130. The van der Waals surface area contributed by atoms with Gasteiger partial charge in [-0.15, -0.1) is 0 Å². The molecule has 0 aromatic heterocycles. The van der Waals surface area contributed by atoms with Crippen LogP contribution < -0.4 is 9.64 Å². The van der Waals surface area contributed by atoms with Gasteiger partial charge < -0.3 is 9.64 Å². The molecule has 1 aliphatic heterocycles. The lowest BCUT2D eigenvalue weighted by molar-refractivity contribution is 0.488. The molecule has 0 bridgehead atoms. The molecule has 2 nitrogen and oxygen atoms in total. The molecule has 0 saturated carbocycles. The molecular formula is C57H41NO. The average Bonchev–Trinajstić information content (AvgIpc) is 3.42. The third-order valence-electron chi connectivity index (χ3n) is 12.3. The highest BCUT2D eigenvalue weighted by molar-refractivity contribution is 5.98. The van der Waals surface area contributed by atoms with Gasteiger partial charge in [0.2, 0.25) is 0 Å². The van der Waals surface area contributed by atoms with E-state index >= 15 is 0 Å². The maximum absolute atomic E-state index is 7.10. The Hall–Kier alpha value is -7.42. The highest BCUT2D eigenvalue weighted by atomic mass is 16.5. The molecule has 0 N–H and O–H groups in total. The largest absolute Gasteiger partial charge is 0.456 e. The second kappa shape index (κ2) is 13.9. The van der Waals surface area contributed by atoms with Gasteiger partial charge in [0.15, 0.2) is 0 Å². The maximum atomic E-state index is 7.10. The molecule has 1 heterocycles. The monoisotopic (exact) mass is 755 g/mol. The maximum Gasteiger partial charge on any atom is 0.137 e. The molecule has 11 rings (SSSR count). The van der Waals surface area contributed by atoms with E-state index in [-0.39, 0.29) is 5.41 Å². The molecule has 0 fully saturated rings. The first kappa shape index (κ1) is 34.8. The third-order valence-corrected chi connectivity index (χ3v) is 12.3. The van der Waals surface area contributed by atoms with Crippen LogP contribution >= 0.6 is 0 Å². The number of hydrogen-bond acceptors (Lipinski definition) is 2. The third kappa shape index (κ3) is 5.87. The van der Waals surface area contributed by atoms with E-state index in [9.17, 15) is 0 Å². The standard InChI is InChI=1S/C57H41NO/c1-57(2)52-22-12-11-19-48(52)49-34-32-44(36-53(49)57)58(43-30-28-41(29-31-43)39-16-7-4-8-17-39)45-33-35-50-47-18-9-10-20-51(47)56-46(21-13-23-54(56)59-55(50)37-45)42-26-24-40(25-27-42)38-14-5-3-6-15-38/h3-37H,1-2H3. The molecule has 0 spiro atoms. The van der Waals surface area contributed by atoms with E-state index in [0.717, 1.165) is 61.9 Å². The predicted molar refractivity (Wildman–Crippen MR) is 246 cm³/mol. The Kier molecular flexibility index (Phi) is 8.20. The van der Waals surface area contributed by atoms with Crippen LogP contribution in [0.1, 0.15) is 25.0 Å². The van der Waals surface area contributed by atoms with Crippen LogP contribution in [0, 0.1) is 0 Å². The quantitative estimate of drug-likeness (QED) is 0.168. The van der Waals surface area contributed by atoms with E-state index in [1.807, 2.05) is 0 Å². The van der Waals surface area contributed by atoms with Crippen LogP contribution in [0.4, 0.5) is 17.1 Å². The van der Waals surface area contributed by atoms with E-state index < -0.39 is 0 Å². The van der Waals surface area contributed by atoms with E-state index in [4.69, 9.17) is 4.74 Å². The zero-order valence-electron chi connectivity index (χ0n) is 33.1. The van der Waals surface area contributed by atoms with Crippen LogP contribution in [0.25, 0.3) is 66.8 Å². The summed E-state index contributed by atoms with van der Waals surface area (Å²) in [7, 11) is 0. The molecule has 9 aromatic rings. The van der Waals surface area contributed by atoms with Gasteiger partial charge in [-0.3, -0.25) is 0 Å². The summed E-state index contributed by atoms with van der Waals surface area (Å²) in [4.78, 5) is 2.38. The smallest absolute Gasteiger partial charge is 0.137 e. The Morgan fingerprint density at radius 2 is 0.814 bits per heavy atom. The topological polar surface area (TPSA) is 12.5 Å². The molecule has 0 unspecified atom stereocenters. The molecule has 0 saturated heterocycles. The summed E-state index contributed by atoms with van der Waals surface area (Å²) in [5, 5.41) is 0. The van der Waals surface area contributed by atoms with Gasteiger partial charge in [-0.05, 0) is 109 Å². The Bertz CT molecular complexity index is 3020. The highest BCUT2D eigenvalue weighted by Crippen LogP contribution is 2.53. The molecule has 0 radical (unpaired) electrons. The van der Waals surface area contributed by atoms with Crippen molar-refractivity contribution in [1.82, 2.24) is 0 Å². The lowest BCUT2D eigenvalue weighted by Gasteiger charge is -2.29. The van der Waals surface area contributed by atoms with Crippen molar-refractivity contribution in [1.29, 1.82) is 0 Å². The highest BCUT2D eigenvalue weighted by Gasteiger charge is 2.36. The number of fused-ring (bicyclic) bond motifs is 8. The van der Waals surface area contributed by atoms with Gasteiger partial charge in [0.1, 0.15) is 11.5 Å². The molecule has 2 heteroatoms. The Morgan fingerprint density at radius 1 is 0.322 bits per heavy atom. The summed E-state index contributed by atoms with van der Waals surface area (Å²) < 4.78 is 7.10. The van der Waals surface area contributed by atoms with Crippen molar-refractivity contribution in [2.45, 2.75) is 19.3 Å². The Labute approximate surface area is 346 Å². The first-order chi connectivity index (χ1) is 29.0. The van der Waals surface area contributed by atoms with Crippen LogP contribution in [0.2, 0.25) is 0 Å². The molecule has 1 aliphatic carbocycles. The summed E-state index contributed by atoms with van der Waals surface area (Å²) in [5.74, 6) is 1.67. The van der Waals surface area contributed by atoms with Crippen molar-refractivity contribution in [2.24, 2.45) is 0 Å². The lowest BCUT2D eigenvalue weighted by Crippen LogP contribution is -2.16. The predicted octanol–water partition coefficient (Wildman–Crippen LogP) is 15.9. The SMILES string of the molecule is CC1(C)c2ccccc2-c2ccc(N(c3ccc(-c4ccccc4)cc3)c3ccc4c(c3)Oc3cccc(-c5ccc(-c6ccccc6)cc5)c3-c3ccccc3-4)cc21. The number of anilines is 3. The summed E-state index contributed by atoms with van der Waals surface area (Å²) >= 11 is 0. The number of benzene rings is 9. The first-order valence-corrected chi connectivity index (χ1v) is 20.4. The molecule has 280 valence electrons. The molecule has 0 atom stereocenters. The van der Waals surface area contributed by atoms with Crippen molar-refractivity contribution in [3.63, 3.8) is 0 Å². The fraction of sp³-hybridized carbons (Fsp3) is 0.0526. The summed E-state index contributed by atoms with van der Waals surface area (Å²) in [6.45, 7) is 4.69. The van der Waals surface area contributed by atoms with Crippen molar-refractivity contribution >= 4 is 17.1 Å². The van der Waals surface area contributed by atoms with Crippen molar-refractivity contribution in [2.75, 3.05) is 4.90 Å². The summed E-state index contributed by atoms with van der Waals surface area (Å²) in [6, 6.07) is 76.6. The summed E-state index contributed by atoms with van der Waals surface area (Å²) in [6.07, 6.45) is 0. The number of hydrogen-bond donors (Lipinski definition) is 0. The van der Waals surface area contributed by atoms with Gasteiger partial charge in [-0.2, -0.15) is 0 Å². The van der Waals surface area contributed by atoms with Crippen molar-refractivity contribution < 1.29 is 4.74 Å². The van der Waals surface area contributed by atoms with Gasteiger partial charge >= 0.3 is 0 Å². The average molecular weight is 756 g/mol. The van der Waals surface area contributed by atoms with E-state index in [0.29, 0.717) is 0 Å². The minimum atomic E-state index is -0.130. The Balaban J connectivity index is 1.04. The van der Waals surface area contributed by atoms with Gasteiger partial charge in [-0.1, -0.05) is 178 Å². The fourth-order valence-electron chi connectivity index (χ4n) is 9.33. The molecule has 2 aliphatic rings. The van der Waals surface area contributed by atoms with Crippen molar-refractivity contribution in [3.05, 3.63) is 223 Å². The second-order valence-corrected chi connectivity index (χ2v) is 16.1. The van der Waals surface area contributed by atoms with E-state index in [1.165, 1.54) is 44.5 Å². The molecule has 9 aromatic carbocycles. The fourth-order valence-corrected chi connectivity index (χ4v) is 9.33. The molecule has 59 heavy (non-hydrogen) atoms. The van der Waals surface area contributed by atoms with E-state index in [1.54, 1.807) is 0 Å². The minimum Gasteiger partial charge on any atom is -0.456 e. The lowest BCUT2D eigenvalue weighted by atomic mass is 9.82.